The highest BCUT2D eigenvalue weighted by Gasteiger charge is 2.17. The number of benzene rings is 3. The largest absolute Gasteiger partial charge is 0.308 e. The fraction of sp³-hybridized carbons (Fsp3) is 0. The molecule has 0 N–H and O–H groups in total. The molecule has 1 nitrogen and oxygen atoms in total. The predicted octanol–water partition coefficient (Wildman–Crippen LogP) is 5.99. The molecule has 0 aliphatic rings. The van der Waals surface area contributed by atoms with E-state index in [0.717, 1.165) is 0 Å². The molecule has 0 amide bonds. The molecule has 0 fully saturated rings. The standard InChI is InChI=1S/C22H13N/c1-2-7-15-14(6-1)12-13-18-20-11-5-10-19-16-8-3-4-9-17(16)22(21(15)18)23(19)20/h1-13H. The molecule has 106 valence electrons. The van der Waals surface area contributed by atoms with Gasteiger partial charge in [-0.3, -0.25) is 0 Å². The van der Waals surface area contributed by atoms with Gasteiger partial charge in [0.25, 0.3) is 0 Å². The summed E-state index contributed by atoms with van der Waals surface area (Å²) in [4.78, 5) is 0. The Bertz CT molecular complexity index is 1350. The molecule has 6 rings (SSSR count). The lowest BCUT2D eigenvalue weighted by atomic mass is 10.0. The summed E-state index contributed by atoms with van der Waals surface area (Å²) >= 11 is 0. The summed E-state index contributed by atoms with van der Waals surface area (Å²) in [5.41, 5.74) is 3.95. The molecule has 0 saturated carbocycles. The van der Waals surface area contributed by atoms with Crippen LogP contribution < -0.4 is 0 Å². The normalized spacial score (nSPS) is 12.3. The quantitative estimate of drug-likeness (QED) is 0.324. The SMILES string of the molecule is c1ccc2c(c1)ccc1c2c2c3ccccc3c3cccc1n32. The van der Waals surface area contributed by atoms with Gasteiger partial charge in [-0.15, -0.1) is 0 Å². The van der Waals surface area contributed by atoms with E-state index < -0.39 is 0 Å². The lowest BCUT2D eigenvalue weighted by Gasteiger charge is -2.01. The maximum Gasteiger partial charge on any atom is 0.0626 e. The van der Waals surface area contributed by atoms with Crippen molar-refractivity contribution < 1.29 is 0 Å². The predicted molar refractivity (Wildman–Crippen MR) is 98.6 cm³/mol. The highest BCUT2D eigenvalue weighted by Crippen LogP contribution is 2.41. The molecular formula is C22H13N. The Balaban J connectivity index is 2.11. The Morgan fingerprint density at radius 3 is 2.04 bits per heavy atom. The van der Waals surface area contributed by atoms with Crippen molar-refractivity contribution in [1.82, 2.24) is 4.40 Å². The second kappa shape index (κ2) is 3.82. The molecular weight excluding hydrogens is 278 g/mol. The molecule has 0 saturated heterocycles. The minimum absolute atomic E-state index is 1.30. The van der Waals surface area contributed by atoms with Crippen LogP contribution >= 0.6 is 0 Å². The number of rotatable bonds is 0. The van der Waals surface area contributed by atoms with Crippen molar-refractivity contribution in [2.75, 3.05) is 0 Å². The molecule has 23 heavy (non-hydrogen) atoms. The zero-order valence-electron chi connectivity index (χ0n) is 12.5. The number of hydrogen-bond acceptors (Lipinski definition) is 0. The second-order valence-corrected chi connectivity index (χ2v) is 6.24. The van der Waals surface area contributed by atoms with Crippen molar-refractivity contribution in [3.63, 3.8) is 0 Å². The Labute approximate surface area is 132 Å². The van der Waals surface area contributed by atoms with Crippen LogP contribution in [-0.4, -0.2) is 4.40 Å². The van der Waals surface area contributed by atoms with Crippen molar-refractivity contribution in [2.24, 2.45) is 0 Å². The van der Waals surface area contributed by atoms with Gasteiger partial charge in [-0.25, -0.2) is 0 Å². The van der Waals surface area contributed by atoms with Crippen LogP contribution in [0.3, 0.4) is 0 Å². The number of nitrogens with zero attached hydrogens (tertiary/aromatic N) is 1. The monoisotopic (exact) mass is 291 g/mol. The minimum atomic E-state index is 1.30. The Hall–Kier alpha value is -3.06. The molecule has 1 heteroatoms. The first-order valence-electron chi connectivity index (χ1n) is 7.98. The maximum atomic E-state index is 2.43. The zero-order chi connectivity index (χ0) is 15.0. The third kappa shape index (κ3) is 1.25. The van der Waals surface area contributed by atoms with Crippen molar-refractivity contribution >= 4 is 48.9 Å². The first kappa shape index (κ1) is 11.5. The molecule has 6 aromatic rings. The van der Waals surface area contributed by atoms with E-state index in [9.17, 15) is 0 Å². The summed E-state index contributed by atoms with van der Waals surface area (Å²) in [6, 6.07) is 28.6. The Morgan fingerprint density at radius 1 is 0.478 bits per heavy atom. The summed E-state index contributed by atoms with van der Waals surface area (Å²) in [6.45, 7) is 0. The highest BCUT2D eigenvalue weighted by molar-refractivity contribution is 6.29. The number of aromatic nitrogens is 1. The molecule has 0 atom stereocenters. The third-order valence-corrected chi connectivity index (χ3v) is 5.11. The maximum absolute atomic E-state index is 2.43. The number of pyridine rings is 1. The summed E-state index contributed by atoms with van der Waals surface area (Å²) in [5.74, 6) is 0. The third-order valence-electron chi connectivity index (χ3n) is 5.11. The van der Waals surface area contributed by atoms with Gasteiger partial charge in [-0.1, -0.05) is 66.7 Å². The first-order valence-corrected chi connectivity index (χ1v) is 7.98. The van der Waals surface area contributed by atoms with E-state index in [-0.39, 0.29) is 0 Å². The van der Waals surface area contributed by atoms with Crippen LogP contribution in [0.25, 0.3) is 48.9 Å². The summed E-state index contributed by atoms with van der Waals surface area (Å²) in [7, 11) is 0. The van der Waals surface area contributed by atoms with Gasteiger partial charge in [0, 0.05) is 21.5 Å². The molecule has 0 bridgehead atoms. The molecule has 0 aliphatic carbocycles. The van der Waals surface area contributed by atoms with Gasteiger partial charge in [0.2, 0.25) is 0 Å². The van der Waals surface area contributed by atoms with E-state index in [4.69, 9.17) is 0 Å². The van der Waals surface area contributed by atoms with E-state index in [1.54, 1.807) is 0 Å². The van der Waals surface area contributed by atoms with E-state index >= 15 is 0 Å². The fourth-order valence-corrected chi connectivity index (χ4v) is 4.19. The molecule has 3 aromatic heterocycles. The van der Waals surface area contributed by atoms with Crippen molar-refractivity contribution in [3.8, 4) is 0 Å². The van der Waals surface area contributed by atoms with Crippen LogP contribution in [-0.2, 0) is 0 Å². The summed E-state index contributed by atoms with van der Waals surface area (Å²) in [5, 5.41) is 8.04. The highest BCUT2D eigenvalue weighted by atomic mass is 14.9. The minimum Gasteiger partial charge on any atom is -0.308 e. The number of hydrogen-bond donors (Lipinski definition) is 0. The summed E-state index contributed by atoms with van der Waals surface area (Å²) < 4.78 is 2.43. The Morgan fingerprint density at radius 2 is 1.17 bits per heavy atom. The molecule has 3 aromatic carbocycles. The molecule has 0 spiro atoms. The van der Waals surface area contributed by atoms with E-state index in [1.165, 1.54) is 48.9 Å². The van der Waals surface area contributed by atoms with Crippen LogP contribution in [0.15, 0.2) is 78.9 Å². The van der Waals surface area contributed by atoms with Gasteiger partial charge >= 0.3 is 0 Å². The zero-order valence-corrected chi connectivity index (χ0v) is 12.5. The van der Waals surface area contributed by atoms with Crippen LogP contribution in [0.4, 0.5) is 0 Å². The van der Waals surface area contributed by atoms with Crippen LogP contribution in [0.2, 0.25) is 0 Å². The van der Waals surface area contributed by atoms with Gasteiger partial charge in [-0.2, -0.15) is 0 Å². The smallest absolute Gasteiger partial charge is 0.0626 e. The van der Waals surface area contributed by atoms with E-state index in [0.29, 0.717) is 0 Å². The molecule has 0 unspecified atom stereocenters. The summed E-state index contributed by atoms with van der Waals surface area (Å²) in [6.07, 6.45) is 0. The van der Waals surface area contributed by atoms with Crippen molar-refractivity contribution in [2.45, 2.75) is 0 Å². The van der Waals surface area contributed by atoms with Gasteiger partial charge in [0.1, 0.15) is 0 Å². The molecule has 0 radical (unpaired) electrons. The topological polar surface area (TPSA) is 4.41 Å². The van der Waals surface area contributed by atoms with Crippen molar-refractivity contribution in [1.29, 1.82) is 0 Å². The van der Waals surface area contributed by atoms with Gasteiger partial charge in [-0.05, 0) is 22.9 Å². The van der Waals surface area contributed by atoms with Crippen LogP contribution in [0.1, 0.15) is 0 Å². The van der Waals surface area contributed by atoms with Gasteiger partial charge in [0.15, 0.2) is 0 Å². The van der Waals surface area contributed by atoms with E-state index in [1.807, 2.05) is 0 Å². The van der Waals surface area contributed by atoms with E-state index in [2.05, 4.69) is 83.3 Å². The Kier molecular flexibility index (Phi) is 1.91. The second-order valence-electron chi connectivity index (χ2n) is 6.24. The molecule has 0 aliphatic heterocycles. The lowest BCUT2D eigenvalue weighted by Crippen LogP contribution is -1.79. The lowest BCUT2D eigenvalue weighted by molar-refractivity contribution is 1.36. The van der Waals surface area contributed by atoms with Gasteiger partial charge in [0.05, 0.1) is 16.6 Å². The average molecular weight is 291 g/mol. The first-order chi connectivity index (χ1) is 11.4. The molecule has 3 heterocycles. The number of fused-ring (bicyclic) bond motifs is 8. The fourth-order valence-electron chi connectivity index (χ4n) is 4.19. The van der Waals surface area contributed by atoms with Crippen LogP contribution in [0.5, 0.6) is 0 Å². The average Bonchev–Trinajstić information content (AvgIpc) is 3.13. The van der Waals surface area contributed by atoms with Crippen LogP contribution in [0, 0.1) is 0 Å². The van der Waals surface area contributed by atoms with Gasteiger partial charge < -0.3 is 4.40 Å². The van der Waals surface area contributed by atoms with Crippen molar-refractivity contribution in [3.05, 3.63) is 78.9 Å².